The van der Waals surface area contributed by atoms with Crippen molar-refractivity contribution in [2.24, 2.45) is 0 Å². The second kappa shape index (κ2) is 9.21. The van der Waals surface area contributed by atoms with Crippen molar-refractivity contribution in [3.63, 3.8) is 0 Å². The topological polar surface area (TPSA) is 89.3 Å². The van der Waals surface area contributed by atoms with Crippen LogP contribution in [0.25, 0.3) is 11.5 Å². The SMILES string of the molecule is Cc1oc(-c2ccc(C(=O)Nc3cccc(Cl)c3C)cc2)nc1CS(=O)(=O)c1ccccc1. The van der Waals surface area contributed by atoms with E-state index in [1.165, 1.54) is 0 Å². The second-order valence-electron chi connectivity index (χ2n) is 7.54. The average Bonchev–Trinajstić information content (AvgIpc) is 3.17. The van der Waals surface area contributed by atoms with Crippen molar-refractivity contribution in [1.82, 2.24) is 4.98 Å². The fraction of sp³-hybridized carbons (Fsp3) is 0.120. The van der Waals surface area contributed by atoms with Gasteiger partial charge in [0.1, 0.15) is 11.5 Å². The highest BCUT2D eigenvalue weighted by Crippen LogP contribution is 2.26. The summed E-state index contributed by atoms with van der Waals surface area (Å²) < 4.78 is 31.1. The van der Waals surface area contributed by atoms with Crippen LogP contribution in [0.1, 0.15) is 27.4 Å². The minimum atomic E-state index is -3.54. The Kier molecular flexibility index (Phi) is 6.35. The molecule has 3 aromatic carbocycles. The lowest BCUT2D eigenvalue weighted by Gasteiger charge is -2.09. The van der Waals surface area contributed by atoms with E-state index in [1.54, 1.807) is 79.7 Å². The Balaban J connectivity index is 1.51. The maximum atomic E-state index is 12.7. The van der Waals surface area contributed by atoms with Crippen LogP contribution >= 0.6 is 11.6 Å². The third-order valence-electron chi connectivity index (χ3n) is 5.23. The first-order valence-electron chi connectivity index (χ1n) is 10.2. The van der Waals surface area contributed by atoms with Crippen molar-refractivity contribution in [2.75, 3.05) is 5.32 Å². The lowest BCUT2D eigenvalue weighted by molar-refractivity contribution is 0.102. The number of carbonyl (C=O) groups excluding carboxylic acids is 1. The molecular formula is C25H21ClN2O4S. The zero-order chi connectivity index (χ0) is 23.6. The summed E-state index contributed by atoms with van der Waals surface area (Å²) in [6, 6.07) is 20.3. The number of hydrogen-bond donors (Lipinski definition) is 1. The van der Waals surface area contributed by atoms with Crippen molar-refractivity contribution in [3.8, 4) is 11.5 Å². The van der Waals surface area contributed by atoms with Crippen molar-refractivity contribution < 1.29 is 17.6 Å². The molecule has 1 N–H and O–H groups in total. The number of oxazole rings is 1. The molecule has 0 radical (unpaired) electrons. The van der Waals surface area contributed by atoms with E-state index >= 15 is 0 Å². The summed E-state index contributed by atoms with van der Waals surface area (Å²) in [6.07, 6.45) is 0. The molecule has 6 nitrogen and oxygen atoms in total. The van der Waals surface area contributed by atoms with Crippen LogP contribution in [0.2, 0.25) is 5.02 Å². The Hall–Kier alpha value is -3.42. The van der Waals surface area contributed by atoms with Crippen molar-refractivity contribution in [1.29, 1.82) is 0 Å². The molecule has 0 saturated carbocycles. The molecule has 8 heteroatoms. The number of aromatic nitrogens is 1. The Bertz CT molecular complexity index is 1410. The Morgan fingerprint density at radius 3 is 2.36 bits per heavy atom. The Labute approximate surface area is 197 Å². The summed E-state index contributed by atoms with van der Waals surface area (Å²) in [4.78, 5) is 17.2. The molecule has 33 heavy (non-hydrogen) atoms. The van der Waals surface area contributed by atoms with E-state index in [4.69, 9.17) is 16.0 Å². The summed E-state index contributed by atoms with van der Waals surface area (Å²) in [7, 11) is -3.54. The lowest BCUT2D eigenvalue weighted by atomic mass is 10.1. The first-order chi connectivity index (χ1) is 15.7. The number of halogens is 1. The maximum Gasteiger partial charge on any atom is 0.255 e. The van der Waals surface area contributed by atoms with Crippen LogP contribution in [0.4, 0.5) is 5.69 Å². The number of aryl methyl sites for hydroxylation is 1. The van der Waals surface area contributed by atoms with Crippen LogP contribution in [0.5, 0.6) is 0 Å². The van der Waals surface area contributed by atoms with E-state index in [-0.39, 0.29) is 16.6 Å². The van der Waals surface area contributed by atoms with E-state index < -0.39 is 9.84 Å². The number of hydrogen-bond acceptors (Lipinski definition) is 5. The van der Waals surface area contributed by atoms with Crippen molar-refractivity contribution in [3.05, 3.63) is 100 Å². The smallest absolute Gasteiger partial charge is 0.255 e. The predicted octanol–water partition coefficient (Wildman–Crippen LogP) is 5.84. The number of nitrogens with one attached hydrogen (secondary N) is 1. The zero-order valence-corrected chi connectivity index (χ0v) is 19.6. The Morgan fingerprint density at radius 1 is 0.970 bits per heavy atom. The fourth-order valence-corrected chi connectivity index (χ4v) is 4.82. The van der Waals surface area contributed by atoms with Crippen LogP contribution in [0, 0.1) is 13.8 Å². The monoisotopic (exact) mass is 480 g/mol. The minimum absolute atomic E-state index is 0.235. The number of anilines is 1. The van der Waals surface area contributed by atoms with Gasteiger partial charge in [-0.05, 0) is 67.9 Å². The summed E-state index contributed by atoms with van der Waals surface area (Å²) in [6.45, 7) is 3.52. The predicted molar refractivity (Wildman–Crippen MR) is 128 cm³/mol. The van der Waals surface area contributed by atoms with Gasteiger partial charge in [0.25, 0.3) is 5.91 Å². The van der Waals surface area contributed by atoms with Crippen LogP contribution in [0.15, 0.2) is 82.1 Å². The van der Waals surface area contributed by atoms with Crippen LogP contribution in [-0.2, 0) is 15.6 Å². The van der Waals surface area contributed by atoms with Crippen LogP contribution in [-0.4, -0.2) is 19.3 Å². The molecule has 0 bridgehead atoms. The number of benzene rings is 3. The van der Waals surface area contributed by atoms with Gasteiger partial charge in [0.15, 0.2) is 9.84 Å². The number of rotatable bonds is 6. The largest absolute Gasteiger partial charge is 0.441 e. The van der Waals surface area contributed by atoms with Gasteiger partial charge in [-0.1, -0.05) is 35.9 Å². The van der Waals surface area contributed by atoms with E-state index in [9.17, 15) is 13.2 Å². The van der Waals surface area contributed by atoms with Gasteiger partial charge in [-0.3, -0.25) is 4.79 Å². The summed E-state index contributed by atoms with van der Waals surface area (Å²) in [5.74, 6) is 0.197. The van der Waals surface area contributed by atoms with E-state index in [1.807, 2.05) is 6.92 Å². The molecule has 4 rings (SSSR count). The number of amides is 1. The molecule has 1 amide bonds. The third-order valence-corrected chi connectivity index (χ3v) is 7.28. The highest BCUT2D eigenvalue weighted by Gasteiger charge is 2.21. The normalized spacial score (nSPS) is 11.4. The van der Waals surface area contributed by atoms with E-state index in [0.29, 0.717) is 39.2 Å². The molecule has 168 valence electrons. The van der Waals surface area contributed by atoms with Gasteiger partial charge < -0.3 is 9.73 Å². The maximum absolute atomic E-state index is 12.7. The standard InChI is InChI=1S/C25H21ClN2O4S/c1-16-21(26)9-6-10-22(16)27-24(29)18-11-13-19(14-12-18)25-28-23(17(2)32-25)15-33(30,31)20-7-4-3-5-8-20/h3-14H,15H2,1-2H3,(H,27,29). The average molecular weight is 481 g/mol. The van der Waals surface area contributed by atoms with Crippen molar-refractivity contribution in [2.45, 2.75) is 24.5 Å². The van der Waals surface area contributed by atoms with E-state index in [2.05, 4.69) is 10.3 Å². The van der Waals surface area contributed by atoms with Gasteiger partial charge >= 0.3 is 0 Å². The van der Waals surface area contributed by atoms with Gasteiger partial charge in [-0.15, -0.1) is 0 Å². The third kappa shape index (κ3) is 4.99. The molecule has 0 spiro atoms. The molecule has 0 unspecified atom stereocenters. The molecule has 0 fully saturated rings. The molecule has 0 aliphatic rings. The lowest BCUT2D eigenvalue weighted by Crippen LogP contribution is -2.12. The summed E-state index contributed by atoms with van der Waals surface area (Å²) in [5.41, 5.74) is 2.87. The van der Waals surface area contributed by atoms with Crippen LogP contribution < -0.4 is 5.32 Å². The molecule has 1 heterocycles. The molecular weight excluding hydrogens is 460 g/mol. The van der Waals surface area contributed by atoms with Crippen molar-refractivity contribution >= 4 is 33.0 Å². The van der Waals surface area contributed by atoms with Gasteiger partial charge in [-0.2, -0.15) is 0 Å². The number of nitrogens with zero attached hydrogens (tertiary/aromatic N) is 1. The number of sulfone groups is 1. The molecule has 0 aliphatic carbocycles. The van der Waals surface area contributed by atoms with Gasteiger partial charge in [-0.25, -0.2) is 13.4 Å². The highest BCUT2D eigenvalue weighted by molar-refractivity contribution is 7.90. The van der Waals surface area contributed by atoms with Gasteiger partial charge in [0, 0.05) is 21.8 Å². The summed E-state index contributed by atoms with van der Waals surface area (Å²) in [5, 5.41) is 3.43. The number of carbonyl (C=O) groups is 1. The molecule has 4 aromatic rings. The fourth-order valence-electron chi connectivity index (χ4n) is 3.28. The first kappa shape index (κ1) is 22.8. The molecule has 0 atom stereocenters. The van der Waals surface area contributed by atoms with Gasteiger partial charge in [0.05, 0.1) is 10.6 Å². The quantitative estimate of drug-likeness (QED) is 0.374. The highest BCUT2D eigenvalue weighted by atomic mass is 35.5. The second-order valence-corrected chi connectivity index (χ2v) is 9.93. The molecule has 0 saturated heterocycles. The first-order valence-corrected chi connectivity index (χ1v) is 12.2. The molecule has 1 aromatic heterocycles. The summed E-state index contributed by atoms with van der Waals surface area (Å²) >= 11 is 6.12. The molecule has 0 aliphatic heterocycles. The van der Waals surface area contributed by atoms with Crippen LogP contribution in [0.3, 0.4) is 0 Å². The van der Waals surface area contributed by atoms with Gasteiger partial charge in [0.2, 0.25) is 5.89 Å². The minimum Gasteiger partial charge on any atom is -0.441 e. The zero-order valence-electron chi connectivity index (χ0n) is 18.0. The Morgan fingerprint density at radius 2 is 1.67 bits per heavy atom. The van der Waals surface area contributed by atoms with E-state index in [0.717, 1.165) is 5.56 Å².